The van der Waals surface area contributed by atoms with Gasteiger partial charge < -0.3 is 9.72 Å². The van der Waals surface area contributed by atoms with Crippen LogP contribution in [0.25, 0.3) is 10.9 Å². The third-order valence-corrected chi connectivity index (χ3v) is 7.33. The summed E-state index contributed by atoms with van der Waals surface area (Å²) in [4.78, 5) is 7.27. The van der Waals surface area contributed by atoms with Crippen LogP contribution in [-0.2, 0) is 6.42 Å². The Labute approximate surface area is 209 Å². The number of halogens is 4. The van der Waals surface area contributed by atoms with Crippen LogP contribution in [0.4, 0.5) is 17.6 Å². The number of aromatic amines is 1. The first-order chi connectivity index (χ1) is 17.1. The van der Waals surface area contributed by atoms with Gasteiger partial charge in [-0.3, -0.25) is 14.2 Å². The summed E-state index contributed by atoms with van der Waals surface area (Å²) in [6.07, 6.45) is 0.649. The van der Waals surface area contributed by atoms with Crippen molar-refractivity contribution >= 4 is 10.9 Å². The lowest BCUT2D eigenvalue weighted by Crippen LogP contribution is -2.49. The molecule has 0 amide bonds. The number of ether oxygens (including phenoxy) is 1. The first-order valence-electron chi connectivity index (χ1n) is 12.6. The molecule has 3 aromatic rings. The van der Waals surface area contributed by atoms with E-state index >= 15 is 8.78 Å². The first-order valence-corrected chi connectivity index (χ1v) is 12.6. The molecule has 2 aromatic carbocycles. The molecular formula is C28H33F4N3O. The Morgan fingerprint density at radius 1 is 1.11 bits per heavy atom. The van der Waals surface area contributed by atoms with E-state index in [-0.39, 0.29) is 43.1 Å². The second-order valence-electron chi connectivity index (χ2n) is 10.8. The fourth-order valence-electron chi connectivity index (χ4n) is 5.65. The molecular weight excluding hydrogens is 470 g/mol. The van der Waals surface area contributed by atoms with Crippen molar-refractivity contribution in [3.8, 4) is 5.75 Å². The number of hydrogen-bond acceptors (Lipinski definition) is 3. The topological polar surface area (TPSA) is 31.5 Å². The smallest absolute Gasteiger partial charge is 0.135 e. The highest BCUT2D eigenvalue weighted by atomic mass is 19.1. The van der Waals surface area contributed by atoms with E-state index < -0.39 is 23.3 Å². The summed E-state index contributed by atoms with van der Waals surface area (Å²) in [6.45, 7) is 6.81. The quantitative estimate of drug-likeness (QED) is 0.394. The molecule has 36 heavy (non-hydrogen) atoms. The Balaban J connectivity index is 1.47. The summed E-state index contributed by atoms with van der Waals surface area (Å²) in [5.74, 6) is -1.27. The van der Waals surface area contributed by atoms with Gasteiger partial charge in [0, 0.05) is 72.4 Å². The Kier molecular flexibility index (Phi) is 6.76. The highest BCUT2D eigenvalue weighted by Gasteiger charge is 2.41. The number of para-hydroxylation sites is 1. The number of aromatic nitrogens is 1. The minimum Gasteiger partial charge on any atom is -0.492 e. The molecule has 1 aromatic heterocycles. The van der Waals surface area contributed by atoms with Crippen molar-refractivity contribution in [3.63, 3.8) is 0 Å². The van der Waals surface area contributed by atoms with E-state index in [1.54, 1.807) is 0 Å². The summed E-state index contributed by atoms with van der Waals surface area (Å²) in [5.41, 5.74) is 0.938. The number of likely N-dealkylation sites (tertiary alicyclic amines) is 1. The first kappa shape index (κ1) is 25.1. The fourth-order valence-corrected chi connectivity index (χ4v) is 5.65. The van der Waals surface area contributed by atoms with Crippen molar-refractivity contribution in [1.29, 1.82) is 0 Å². The summed E-state index contributed by atoms with van der Waals surface area (Å²) in [7, 11) is 0. The van der Waals surface area contributed by atoms with Crippen molar-refractivity contribution in [2.75, 3.05) is 39.5 Å². The van der Waals surface area contributed by atoms with Gasteiger partial charge in [-0.05, 0) is 38.8 Å². The third-order valence-electron chi connectivity index (χ3n) is 7.33. The van der Waals surface area contributed by atoms with Crippen LogP contribution in [-0.4, -0.2) is 66.0 Å². The molecule has 2 aliphatic rings. The van der Waals surface area contributed by atoms with E-state index in [0.29, 0.717) is 31.7 Å². The van der Waals surface area contributed by atoms with E-state index in [1.807, 2.05) is 41.0 Å². The normalized spacial score (nSPS) is 21.5. The van der Waals surface area contributed by atoms with E-state index in [9.17, 15) is 8.78 Å². The molecule has 5 rings (SSSR count). The Hall–Kier alpha value is -2.58. The molecule has 1 saturated heterocycles. The number of nitrogens with zero attached hydrogens (tertiary/aromatic N) is 2. The van der Waals surface area contributed by atoms with Gasteiger partial charge in [-0.1, -0.05) is 18.2 Å². The van der Waals surface area contributed by atoms with Crippen molar-refractivity contribution < 1.29 is 22.3 Å². The number of benzene rings is 2. The largest absolute Gasteiger partial charge is 0.492 e. The fraction of sp³-hybridized carbons (Fsp3) is 0.500. The zero-order valence-corrected chi connectivity index (χ0v) is 21.0. The van der Waals surface area contributed by atoms with E-state index in [2.05, 4.69) is 4.98 Å². The molecule has 2 unspecified atom stereocenters. The Morgan fingerprint density at radius 2 is 1.81 bits per heavy atom. The van der Waals surface area contributed by atoms with Gasteiger partial charge >= 0.3 is 0 Å². The zero-order valence-electron chi connectivity index (χ0n) is 21.0. The maximum absolute atomic E-state index is 15.6. The van der Waals surface area contributed by atoms with E-state index in [0.717, 1.165) is 16.5 Å². The number of H-pyrrole nitrogens is 1. The predicted octanol–water partition coefficient (Wildman–Crippen LogP) is 5.81. The van der Waals surface area contributed by atoms with Crippen LogP contribution in [0.3, 0.4) is 0 Å². The van der Waals surface area contributed by atoms with Gasteiger partial charge in [0.25, 0.3) is 0 Å². The number of fused-ring (bicyclic) bond motifs is 3. The SMILES string of the molecule is CC1Cc2c([nH]c3ccccc23)C(c2c(F)cc(OCCN3CC(CF)C3)cc2F)N1CC(C)(C)F. The van der Waals surface area contributed by atoms with Crippen molar-refractivity contribution in [2.24, 2.45) is 5.92 Å². The lowest BCUT2D eigenvalue weighted by atomic mass is 9.87. The summed E-state index contributed by atoms with van der Waals surface area (Å²) in [5, 5.41) is 1.02. The molecule has 0 spiro atoms. The molecule has 0 radical (unpaired) electrons. The third kappa shape index (κ3) is 4.85. The van der Waals surface area contributed by atoms with Crippen LogP contribution >= 0.6 is 0 Å². The molecule has 2 atom stereocenters. The van der Waals surface area contributed by atoms with Gasteiger partial charge in [-0.25, -0.2) is 13.2 Å². The van der Waals surface area contributed by atoms with Crippen LogP contribution in [0.5, 0.6) is 5.75 Å². The molecule has 4 nitrogen and oxygen atoms in total. The number of rotatable bonds is 8. The zero-order chi connectivity index (χ0) is 25.6. The van der Waals surface area contributed by atoms with Gasteiger partial charge in [0.05, 0.1) is 12.7 Å². The molecule has 2 aliphatic heterocycles. The summed E-state index contributed by atoms with van der Waals surface area (Å²) < 4.78 is 64.4. The maximum atomic E-state index is 15.6. The lowest BCUT2D eigenvalue weighted by molar-refractivity contribution is 0.0637. The molecule has 0 aliphatic carbocycles. The monoisotopic (exact) mass is 503 g/mol. The average Bonchev–Trinajstić information content (AvgIpc) is 3.14. The van der Waals surface area contributed by atoms with Crippen molar-refractivity contribution in [2.45, 2.75) is 44.9 Å². The van der Waals surface area contributed by atoms with Gasteiger partial charge in [0.2, 0.25) is 0 Å². The van der Waals surface area contributed by atoms with Crippen molar-refractivity contribution in [1.82, 2.24) is 14.8 Å². The van der Waals surface area contributed by atoms with E-state index in [1.165, 1.54) is 26.0 Å². The summed E-state index contributed by atoms with van der Waals surface area (Å²) in [6, 6.07) is 9.28. The average molecular weight is 504 g/mol. The maximum Gasteiger partial charge on any atom is 0.135 e. The summed E-state index contributed by atoms with van der Waals surface area (Å²) >= 11 is 0. The molecule has 1 N–H and O–H groups in total. The second kappa shape index (κ2) is 9.71. The molecule has 194 valence electrons. The Bertz CT molecular complexity index is 1210. The van der Waals surface area contributed by atoms with Crippen LogP contribution < -0.4 is 4.74 Å². The van der Waals surface area contributed by atoms with Gasteiger partial charge in [0.15, 0.2) is 0 Å². The van der Waals surface area contributed by atoms with Crippen molar-refractivity contribution in [3.05, 3.63) is 64.9 Å². The predicted molar refractivity (Wildman–Crippen MR) is 133 cm³/mol. The number of hydrogen-bond donors (Lipinski definition) is 1. The second-order valence-corrected chi connectivity index (χ2v) is 10.8. The van der Waals surface area contributed by atoms with Gasteiger partial charge in [0.1, 0.15) is 29.7 Å². The molecule has 8 heteroatoms. The van der Waals surface area contributed by atoms with E-state index in [4.69, 9.17) is 4.74 Å². The van der Waals surface area contributed by atoms with Crippen LogP contribution in [0.1, 0.15) is 43.6 Å². The van der Waals surface area contributed by atoms with Crippen LogP contribution in [0.2, 0.25) is 0 Å². The number of alkyl halides is 2. The standard InChI is InChI=1S/C28H33F4N3O/c1-17-10-21-20-6-4-5-7-24(20)33-26(21)27(35(17)16-28(2,3)32)25-22(30)11-19(12-23(25)31)36-9-8-34-14-18(13-29)15-34/h4-7,11-12,17-18,27,33H,8-10,13-16H2,1-3H3. The van der Waals surface area contributed by atoms with Crippen LogP contribution in [0, 0.1) is 17.6 Å². The van der Waals surface area contributed by atoms with Gasteiger partial charge in [-0.2, -0.15) is 0 Å². The highest BCUT2D eigenvalue weighted by Crippen LogP contribution is 2.43. The minimum atomic E-state index is -1.55. The molecule has 0 saturated carbocycles. The number of nitrogens with one attached hydrogen (secondary N) is 1. The van der Waals surface area contributed by atoms with Crippen LogP contribution in [0.15, 0.2) is 36.4 Å². The lowest BCUT2D eigenvalue weighted by Gasteiger charge is -2.43. The Morgan fingerprint density at radius 3 is 2.47 bits per heavy atom. The van der Waals surface area contributed by atoms with Gasteiger partial charge in [-0.15, -0.1) is 0 Å². The minimum absolute atomic E-state index is 0.0283. The molecule has 0 bridgehead atoms. The molecule has 1 fully saturated rings. The molecule has 3 heterocycles. The highest BCUT2D eigenvalue weighted by molar-refractivity contribution is 5.85.